The zero-order valence-electron chi connectivity index (χ0n) is 8.07. The zero-order valence-corrected chi connectivity index (χ0v) is 9.64. The van der Waals surface area contributed by atoms with Crippen molar-refractivity contribution in [3.63, 3.8) is 0 Å². The molecule has 3 nitrogen and oxygen atoms in total. The van der Waals surface area contributed by atoms with Crippen molar-refractivity contribution in [2.24, 2.45) is 0 Å². The Morgan fingerprint density at radius 3 is 2.50 bits per heavy atom. The summed E-state index contributed by atoms with van der Waals surface area (Å²) in [7, 11) is -3.43. The van der Waals surface area contributed by atoms with Crippen LogP contribution in [0.5, 0.6) is 0 Å². The lowest BCUT2D eigenvalue weighted by Crippen LogP contribution is -2.34. The minimum Gasteiger partial charge on any atom is -0.245 e. The predicted molar refractivity (Wildman–Crippen MR) is 56.2 cm³/mol. The van der Waals surface area contributed by atoms with E-state index in [2.05, 4.69) is 4.98 Å². The summed E-state index contributed by atoms with van der Waals surface area (Å²) in [6, 6.07) is 4.79. The molecule has 1 rings (SSSR count). The fourth-order valence-corrected chi connectivity index (χ4v) is 2.46. The number of halogens is 1. The smallest absolute Gasteiger partial charge is 0.201 e. The Morgan fingerprint density at radius 2 is 2.07 bits per heavy atom. The molecule has 0 aliphatic carbocycles. The molecular weight excluding hydrogens is 222 g/mol. The van der Waals surface area contributed by atoms with Crippen LogP contribution in [0, 0.1) is 0 Å². The van der Waals surface area contributed by atoms with Gasteiger partial charge in [-0.2, -0.15) is 0 Å². The molecule has 0 amide bonds. The second-order valence-electron chi connectivity index (χ2n) is 3.56. The lowest BCUT2D eigenvalue weighted by atomic mass is 10.2. The standard InChI is InChI=1S/C9H12ClNO2S/c1-9(2,7-10)14(12,13)8-5-3-4-6-11-8/h3-6H,7H2,1-2H3. The molecule has 1 heterocycles. The summed E-state index contributed by atoms with van der Waals surface area (Å²) < 4.78 is 22.9. The maximum absolute atomic E-state index is 11.9. The van der Waals surface area contributed by atoms with Crippen molar-refractivity contribution < 1.29 is 8.42 Å². The van der Waals surface area contributed by atoms with Crippen LogP contribution in [0.15, 0.2) is 29.4 Å². The first-order valence-electron chi connectivity index (χ1n) is 4.13. The van der Waals surface area contributed by atoms with E-state index in [0.717, 1.165) is 0 Å². The molecule has 1 aromatic heterocycles. The van der Waals surface area contributed by atoms with Crippen molar-refractivity contribution in [2.75, 3.05) is 5.88 Å². The van der Waals surface area contributed by atoms with E-state index in [1.165, 1.54) is 12.3 Å². The number of hydrogen-bond acceptors (Lipinski definition) is 3. The second-order valence-corrected chi connectivity index (χ2v) is 6.36. The second kappa shape index (κ2) is 3.87. The van der Waals surface area contributed by atoms with Gasteiger partial charge in [-0.05, 0) is 26.0 Å². The molecule has 0 bridgehead atoms. The minimum absolute atomic E-state index is 0.0475. The van der Waals surface area contributed by atoms with E-state index < -0.39 is 14.6 Å². The van der Waals surface area contributed by atoms with Gasteiger partial charge in [0.15, 0.2) is 5.03 Å². The van der Waals surface area contributed by atoms with Gasteiger partial charge < -0.3 is 0 Å². The van der Waals surface area contributed by atoms with Crippen molar-refractivity contribution in [1.29, 1.82) is 0 Å². The molecule has 0 atom stereocenters. The van der Waals surface area contributed by atoms with Crippen LogP contribution in [0.25, 0.3) is 0 Å². The Kier molecular flexibility index (Phi) is 3.17. The van der Waals surface area contributed by atoms with Gasteiger partial charge in [0.25, 0.3) is 0 Å². The van der Waals surface area contributed by atoms with Gasteiger partial charge in [0, 0.05) is 12.1 Å². The third kappa shape index (κ3) is 1.91. The van der Waals surface area contributed by atoms with Gasteiger partial charge in [-0.25, -0.2) is 13.4 Å². The average Bonchev–Trinajstić information content (AvgIpc) is 2.19. The Hall–Kier alpha value is -0.610. The summed E-state index contributed by atoms with van der Waals surface area (Å²) in [6.07, 6.45) is 1.46. The maximum Gasteiger partial charge on any atom is 0.201 e. The van der Waals surface area contributed by atoms with Crippen LogP contribution in [0.3, 0.4) is 0 Å². The molecule has 0 aliphatic rings. The Morgan fingerprint density at radius 1 is 1.43 bits per heavy atom. The van der Waals surface area contributed by atoms with E-state index in [1.807, 2.05) is 0 Å². The molecule has 0 aliphatic heterocycles. The normalized spacial score (nSPS) is 12.8. The largest absolute Gasteiger partial charge is 0.245 e. The topological polar surface area (TPSA) is 47.0 Å². The zero-order chi connectivity index (χ0) is 10.8. The molecule has 14 heavy (non-hydrogen) atoms. The monoisotopic (exact) mass is 233 g/mol. The van der Waals surface area contributed by atoms with E-state index in [0.29, 0.717) is 0 Å². The van der Waals surface area contributed by atoms with Crippen LogP contribution < -0.4 is 0 Å². The Balaban J connectivity index is 3.23. The lowest BCUT2D eigenvalue weighted by Gasteiger charge is -2.20. The first-order chi connectivity index (χ1) is 6.42. The molecule has 0 saturated carbocycles. The van der Waals surface area contributed by atoms with Crippen LogP contribution in [-0.4, -0.2) is 24.0 Å². The van der Waals surface area contributed by atoms with Crippen molar-refractivity contribution in [2.45, 2.75) is 23.6 Å². The fourth-order valence-electron chi connectivity index (χ4n) is 0.861. The number of sulfone groups is 1. The highest BCUT2D eigenvalue weighted by Crippen LogP contribution is 2.24. The SMILES string of the molecule is CC(C)(CCl)S(=O)(=O)c1ccccn1. The third-order valence-electron chi connectivity index (χ3n) is 1.96. The summed E-state index contributed by atoms with van der Waals surface area (Å²) in [5, 5.41) is 0.0747. The van der Waals surface area contributed by atoms with Crippen LogP contribution in [-0.2, 0) is 9.84 Å². The van der Waals surface area contributed by atoms with Gasteiger partial charge in [-0.3, -0.25) is 0 Å². The molecule has 1 aromatic rings. The highest BCUT2D eigenvalue weighted by molar-refractivity contribution is 7.92. The first-order valence-corrected chi connectivity index (χ1v) is 6.15. The van der Waals surface area contributed by atoms with Crippen molar-refractivity contribution in [3.05, 3.63) is 24.4 Å². The maximum atomic E-state index is 11.9. The summed E-state index contributed by atoms with van der Waals surface area (Å²) >= 11 is 5.62. The molecule has 0 aromatic carbocycles. The van der Waals surface area contributed by atoms with Crippen molar-refractivity contribution in [1.82, 2.24) is 4.98 Å². The van der Waals surface area contributed by atoms with E-state index in [9.17, 15) is 8.42 Å². The quantitative estimate of drug-likeness (QED) is 0.749. The molecule has 0 radical (unpaired) electrons. The number of rotatable bonds is 3. The van der Waals surface area contributed by atoms with Gasteiger partial charge in [0.2, 0.25) is 9.84 Å². The third-order valence-corrected chi connectivity index (χ3v) is 5.18. The summed E-state index contributed by atoms with van der Waals surface area (Å²) in [5.74, 6) is 0.0475. The van der Waals surface area contributed by atoms with E-state index in [1.54, 1.807) is 26.0 Å². The van der Waals surface area contributed by atoms with Crippen LogP contribution in [0.4, 0.5) is 0 Å². The van der Waals surface area contributed by atoms with Crippen molar-refractivity contribution >= 4 is 21.4 Å². The summed E-state index contributed by atoms with van der Waals surface area (Å²) in [5.41, 5.74) is 0. The van der Waals surface area contributed by atoms with E-state index >= 15 is 0 Å². The van der Waals surface area contributed by atoms with Gasteiger partial charge in [0.05, 0.1) is 4.75 Å². The molecule has 0 saturated heterocycles. The number of alkyl halides is 1. The fraction of sp³-hybridized carbons (Fsp3) is 0.444. The molecule has 5 heteroatoms. The number of aromatic nitrogens is 1. The first kappa shape index (κ1) is 11.5. The Labute approximate surface area is 89.0 Å². The van der Waals surface area contributed by atoms with E-state index in [-0.39, 0.29) is 10.9 Å². The molecular formula is C9H12ClNO2S. The summed E-state index contributed by atoms with van der Waals surface area (Å²) in [4.78, 5) is 3.82. The molecule has 0 spiro atoms. The Bertz CT molecular complexity index is 400. The van der Waals surface area contributed by atoms with E-state index in [4.69, 9.17) is 11.6 Å². The number of pyridine rings is 1. The van der Waals surface area contributed by atoms with Gasteiger partial charge >= 0.3 is 0 Å². The highest BCUT2D eigenvalue weighted by atomic mass is 35.5. The van der Waals surface area contributed by atoms with Crippen LogP contribution in [0.2, 0.25) is 0 Å². The number of nitrogens with zero attached hydrogens (tertiary/aromatic N) is 1. The minimum atomic E-state index is -3.43. The lowest BCUT2D eigenvalue weighted by molar-refractivity contribution is 0.558. The summed E-state index contributed by atoms with van der Waals surface area (Å²) in [6.45, 7) is 3.17. The van der Waals surface area contributed by atoms with Gasteiger partial charge in [0.1, 0.15) is 0 Å². The predicted octanol–water partition coefficient (Wildman–Crippen LogP) is 1.87. The molecule has 0 N–H and O–H groups in total. The highest BCUT2D eigenvalue weighted by Gasteiger charge is 2.35. The van der Waals surface area contributed by atoms with Crippen LogP contribution >= 0.6 is 11.6 Å². The molecule has 0 fully saturated rings. The van der Waals surface area contributed by atoms with Gasteiger partial charge in [-0.15, -0.1) is 11.6 Å². The van der Waals surface area contributed by atoms with Crippen molar-refractivity contribution in [3.8, 4) is 0 Å². The average molecular weight is 234 g/mol. The number of hydrogen-bond donors (Lipinski definition) is 0. The van der Waals surface area contributed by atoms with Gasteiger partial charge in [-0.1, -0.05) is 6.07 Å². The molecule has 0 unspecified atom stereocenters. The molecule has 78 valence electrons. The van der Waals surface area contributed by atoms with Crippen LogP contribution in [0.1, 0.15) is 13.8 Å².